The lowest BCUT2D eigenvalue weighted by Gasteiger charge is -2.20. The lowest BCUT2D eigenvalue weighted by molar-refractivity contribution is 0.942. The van der Waals surface area contributed by atoms with Gasteiger partial charge in [0.05, 0.1) is 17.9 Å². The first kappa shape index (κ1) is 10.1. The molecule has 0 atom stereocenters. The van der Waals surface area contributed by atoms with Gasteiger partial charge in [0, 0.05) is 11.9 Å². The maximum absolute atomic E-state index is 5.91. The summed E-state index contributed by atoms with van der Waals surface area (Å²) < 4.78 is 0. The summed E-state index contributed by atoms with van der Waals surface area (Å²) in [6.45, 7) is 0.909. The minimum atomic E-state index is 0.830. The minimum absolute atomic E-state index is 0.830. The van der Waals surface area contributed by atoms with Gasteiger partial charge >= 0.3 is 0 Å². The minimum Gasteiger partial charge on any atom is -0.397 e. The predicted molar refractivity (Wildman–Crippen MR) is 67.3 cm³/mol. The highest BCUT2D eigenvalue weighted by molar-refractivity contribution is 7.09. The van der Waals surface area contributed by atoms with Crippen LogP contribution < -0.4 is 10.6 Å². The van der Waals surface area contributed by atoms with E-state index in [0.29, 0.717) is 0 Å². The summed E-state index contributed by atoms with van der Waals surface area (Å²) in [4.78, 5) is 3.52. The van der Waals surface area contributed by atoms with Gasteiger partial charge < -0.3 is 10.6 Å². The van der Waals surface area contributed by atoms with Crippen molar-refractivity contribution in [2.45, 2.75) is 6.54 Å². The van der Waals surface area contributed by atoms with Gasteiger partial charge in [0.15, 0.2) is 0 Å². The Morgan fingerprint density at radius 2 is 2.00 bits per heavy atom. The summed E-state index contributed by atoms with van der Waals surface area (Å²) >= 11 is 1.77. The van der Waals surface area contributed by atoms with E-state index >= 15 is 0 Å². The molecular formula is C12H14N2S. The summed E-state index contributed by atoms with van der Waals surface area (Å²) in [5, 5.41) is 2.09. The lowest BCUT2D eigenvalue weighted by atomic mass is 10.2. The molecule has 0 fully saturated rings. The second-order valence-electron chi connectivity index (χ2n) is 3.49. The molecule has 1 aromatic heterocycles. The van der Waals surface area contributed by atoms with E-state index < -0.39 is 0 Å². The average Bonchev–Trinajstić information content (AvgIpc) is 2.71. The molecule has 78 valence electrons. The molecule has 0 aliphatic heterocycles. The predicted octanol–water partition coefficient (Wildman–Crippen LogP) is 2.97. The molecule has 1 aromatic carbocycles. The highest BCUT2D eigenvalue weighted by Crippen LogP contribution is 2.23. The van der Waals surface area contributed by atoms with Gasteiger partial charge in [-0.05, 0) is 23.6 Å². The number of para-hydroxylation sites is 2. The van der Waals surface area contributed by atoms with E-state index in [-0.39, 0.29) is 0 Å². The molecule has 2 N–H and O–H groups in total. The zero-order valence-electron chi connectivity index (χ0n) is 8.68. The highest BCUT2D eigenvalue weighted by Gasteiger charge is 2.05. The van der Waals surface area contributed by atoms with Crippen LogP contribution in [0.15, 0.2) is 41.8 Å². The summed E-state index contributed by atoms with van der Waals surface area (Å²) in [5.41, 5.74) is 7.83. The maximum Gasteiger partial charge on any atom is 0.0600 e. The van der Waals surface area contributed by atoms with E-state index in [9.17, 15) is 0 Å². The van der Waals surface area contributed by atoms with E-state index in [4.69, 9.17) is 5.73 Å². The van der Waals surface area contributed by atoms with Gasteiger partial charge in [-0.2, -0.15) is 0 Å². The molecule has 0 aliphatic rings. The third-order valence-corrected chi connectivity index (χ3v) is 3.18. The number of anilines is 2. The molecule has 0 saturated heterocycles. The molecular weight excluding hydrogens is 204 g/mol. The third kappa shape index (κ3) is 2.30. The van der Waals surface area contributed by atoms with Crippen LogP contribution >= 0.6 is 11.3 Å². The molecule has 15 heavy (non-hydrogen) atoms. The zero-order chi connectivity index (χ0) is 10.7. The molecule has 0 spiro atoms. The van der Waals surface area contributed by atoms with Crippen molar-refractivity contribution in [2.24, 2.45) is 0 Å². The molecule has 3 heteroatoms. The largest absolute Gasteiger partial charge is 0.397 e. The van der Waals surface area contributed by atoms with E-state index in [2.05, 4.69) is 29.5 Å². The first-order valence-corrected chi connectivity index (χ1v) is 5.73. The summed E-state index contributed by atoms with van der Waals surface area (Å²) in [6.07, 6.45) is 0. The van der Waals surface area contributed by atoms with Gasteiger partial charge in [0.1, 0.15) is 0 Å². The number of nitrogens with two attached hydrogens (primary N) is 1. The smallest absolute Gasteiger partial charge is 0.0600 e. The van der Waals surface area contributed by atoms with Crippen molar-refractivity contribution in [3.63, 3.8) is 0 Å². The van der Waals surface area contributed by atoms with Gasteiger partial charge in [-0.1, -0.05) is 18.2 Å². The Labute approximate surface area is 94.0 Å². The van der Waals surface area contributed by atoms with Crippen molar-refractivity contribution in [1.82, 2.24) is 0 Å². The van der Waals surface area contributed by atoms with E-state index in [1.54, 1.807) is 11.3 Å². The van der Waals surface area contributed by atoms with Crippen LogP contribution in [0.1, 0.15) is 4.88 Å². The van der Waals surface area contributed by atoms with E-state index in [1.165, 1.54) is 4.88 Å². The monoisotopic (exact) mass is 218 g/mol. The first-order valence-electron chi connectivity index (χ1n) is 4.85. The Bertz CT molecular complexity index is 423. The van der Waals surface area contributed by atoms with Crippen LogP contribution in [-0.4, -0.2) is 7.05 Å². The van der Waals surface area contributed by atoms with Crippen LogP contribution in [0.25, 0.3) is 0 Å². The summed E-state index contributed by atoms with van der Waals surface area (Å²) in [5.74, 6) is 0. The van der Waals surface area contributed by atoms with Crippen molar-refractivity contribution < 1.29 is 0 Å². The lowest BCUT2D eigenvalue weighted by Crippen LogP contribution is -2.16. The third-order valence-electron chi connectivity index (χ3n) is 2.32. The standard InChI is InChI=1S/C12H14N2S/c1-14(9-10-5-4-8-15-10)12-7-3-2-6-11(12)13/h2-8H,9,13H2,1H3. The van der Waals surface area contributed by atoms with Gasteiger partial charge in [-0.25, -0.2) is 0 Å². The number of nitrogen functional groups attached to an aromatic ring is 1. The van der Waals surface area contributed by atoms with Crippen molar-refractivity contribution in [1.29, 1.82) is 0 Å². The number of hydrogen-bond acceptors (Lipinski definition) is 3. The fourth-order valence-corrected chi connectivity index (χ4v) is 2.31. The average molecular weight is 218 g/mol. The number of nitrogens with zero attached hydrogens (tertiary/aromatic N) is 1. The Morgan fingerprint density at radius 3 is 2.67 bits per heavy atom. The van der Waals surface area contributed by atoms with Gasteiger partial charge in [-0.15, -0.1) is 11.3 Å². The number of hydrogen-bond donors (Lipinski definition) is 1. The maximum atomic E-state index is 5.91. The molecule has 0 unspecified atom stereocenters. The van der Waals surface area contributed by atoms with Gasteiger partial charge in [0.2, 0.25) is 0 Å². The normalized spacial score (nSPS) is 10.2. The molecule has 2 nitrogen and oxygen atoms in total. The number of rotatable bonds is 3. The van der Waals surface area contributed by atoms with Crippen molar-refractivity contribution in [3.05, 3.63) is 46.7 Å². The Kier molecular flexibility index (Phi) is 2.92. The Hall–Kier alpha value is -1.48. The Balaban J connectivity index is 2.15. The van der Waals surface area contributed by atoms with Crippen LogP contribution in [-0.2, 0) is 6.54 Å². The van der Waals surface area contributed by atoms with Crippen LogP contribution in [0.3, 0.4) is 0 Å². The van der Waals surface area contributed by atoms with Crippen molar-refractivity contribution in [2.75, 3.05) is 17.7 Å². The van der Waals surface area contributed by atoms with E-state index in [1.807, 2.05) is 24.3 Å². The SMILES string of the molecule is CN(Cc1cccs1)c1ccccc1N. The molecule has 0 bridgehead atoms. The molecule has 2 rings (SSSR count). The van der Waals surface area contributed by atoms with Crippen LogP contribution in [0.4, 0.5) is 11.4 Å². The van der Waals surface area contributed by atoms with Crippen LogP contribution in [0.5, 0.6) is 0 Å². The molecule has 0 aliphatic carbocycles. The fraction of sp³-hybridized carbons (Fsp3) is 0.167. The van der Waals surface area contributed by atoms with Gasteiger partial charge in [-0.3, -0.25) is 0 Å². The second kappa shape index (κ2) is 4.36. The second-order valence-corrected chi connectivity index (χ2v) is 4.53. The quantitative estimate of drug-likeness (QED) is 0.802. The fourth-order valence-electron chi connectivity index (χ4n) is 1.56. The zero-order valence-corrected chi connectivity index (χ0v) is 9.50. The number of benzene rings is 1. The highest BCUT2D eigenvalue weighted by atomic mass is 32.1. The van der Waals surface area contributed by atoms with Gasteiger partial charge in [0.25, 0.3) is 0 Å². The first-order chi connectivity index (χ1) is 7.27. The summed E-state index contributed by atoms with van der Waals surface area (Å²) in [7, 11) is 2.06. The summed E-state index contributed by atoms with van der Waals surface area (Å²) in [6, 6.07) is 12.2. The Morgan fingerprint density at radius 1 is 1.20 bits per heavy atom. The molecule has 2 aromatic rings. The molecule has 0 saturated carbocycles. The number of thiophene rings is 1. The molecule has 1 heterocycles. The van der Waals surface area contributed by atoms with Crippen LogP contribution in [0, 0.1) is 0 Å². The van der Waals surface area contributed by atoms with Crippen molar-refractivity contribution in [3.8, 4) is 0 Å². The molecule has 0 radical (unpaired) electrons. The molecule has 0 amide bonds. The van der Waals surface area contributed by atoms with E-state index in [0.717, 1.165) is 17.9 Å². The van der Waals surface area contributed by atoms with Crippen molar-refractivity contribution >= 4 is 22.7 Å². The topological polar surface area (TPSA) is 29.3 Å². The van der Waals surface area contributed by atoms with Crippen LogP contribution in [0.2, 0.25) is 0 Å².